The Labute approximate surface area is 86.3 Å². The zero-order valence-corrected chi connectivity index (χ0v) is 8.00. The fourth-order valence-electron chi connectivity index (χ4n) is 1.27. The number of hydrogen-bond donors (Lipinski definition) is 3. The van der Waals surface area contributed by atoms with Gasteiger partial charge in [-0.1, -0.05) is 18.2 Å². The molecule has 0 atom stereocenters. The van der Waals surface area contributed by atoms with Gasteiger partial charge < -0.3 is 11.1 Å². The van der Waals surface area contributed by atoms with E-state index in [2.05, 4.69) is 15.5 Å². The van der Waals surface area contributed by atoms with Gasteiger partial charge in [0.2, 0.25) is 0 Å². The van der Waals surface area contributed by atoms with Crippen LogP contribution in [-0.2, 0) is 6.54 Å². The van der Waals surface area contributed by atoms with E-state index >= 15 is 0 Å². The average Bonchev–Trinajstić information content (AvgIpc) is 2.63. The Morgan fingerprint density at radius 1 is 1.40 bits per heavy atom. The minimum absolute atomic E-state index is 0.230. The van der Waals surface area contributed by atoms with Gasteiger partial charge in [-0.25, -0.2) is 4.39 Å². The molecule has 5 heteroatoms. The summed E-state index contributed by atoms with van der Waals surface area (Å²) in [6.45, 7) is 0.385. The zero-order valence-electron chi connectivity index (χ0n) is 8.00. The Bertz CT molecular complexity index is 452. The minimum atomic E-state index is -0.230. The number of nitrogen functional groups attached to an aromatic ring is 1. The number of nitrogens with two attached hydrogens (primary N) is 1. The molecule has 2 rings (SSSR count). The fourth-order valence-corrected chi connectivity index (χ4v) is 1.27. The molecule has 0 spiro atoms. The molecule has 1 aromatic carbocycles. The quantitative estimate of drug-likeness (QED) is 0.716. The summed E-state index contributed by atoms with van der Waals surface area (Å²) in [5, 5.41) is 9.33. The van der Waals surface area contributed by atoms with Crippen LogP contribution in [0.25, 0.3) is 0 Å². The van der Waals surface area contributed by atoms with Gasteiger partial charge in [-0.15, -0.1) is 0 Å². The molecule has 4 nitrogen and oxygen atoms in total. The number of H-pyrrole nitrogens is 1. The number of nitrogens with one attached hydrogen (secondary N) is 2. The molecule has 2 aromatic rings. The molecule has 1 heterocycles. The Hall–Kier alpha value is -2.04. The lowest BCUT2D eigenvalue weighted by molar-refractivity contribution is 0.613. The van der Waals surface area contributed by atoms with Crippen molar-refractivity contribution in [2.24, 2.45) is 0 Å². The molecule has 78 valence electrons. The number of halogens is 1. The summed E-state index contributed by atoms with van der Waals surface area (Å²) >= 11 is 0. The van der Waals surface area contributed by atoms with E-state index in [1.54, 1.807) is 24.4 Å². The van der Waals surface area contributed by atoms with Gasteiger partial charge in [-0.3, -0.25) is 5.10 Å². The largest absolute Gasteiger partial charge is 0.382 e. The predicted octanol–water partition coefficient (Wildman–Crippen LogP) is 1.74. The molecule has 0 bridgehead atoms. The van der Waals surface area contributed by atoms with Gasteiger partial charge >= 0.3 is 0 Å². The first-order valence-electron chi connectivity index (χ1n) is 4.53. The van der Waals surface area contributed by atoms with E-state index in [9.17, 15) is 4.39 Å². The van der Waals surface area contributed by atoms with Gasteiger partial charge in [0.25, 0.3) is 0 Å². The Kier molecular flexibility index (Phi) is 2.53. The first-order chi connectivity index (χ1) is 7.27. The second kappa shape index (κ2) is 4.00. The second-order valence-electron chi connectivity index (χ2n) is 3.14. The number of nitrogens with zero attached hydrogens (tertiary/aromatic N) is 1. The van der Waals surface area contributed by atoms with E-state index in [0.717, 1.165) is 0 Å². The van der Waals surface area contributed by atoms with Gasteiger partial charge in [0.15, 0.2) is 0 Å². The van der Waals surface area contributed by atoms with Crippen molar-refractivity contribution in [3.8, 4) is 0 Å². The predicted molar refractivity (Wildman–Crippen MR) is 56.7 cm³/mol. The topological polar surface area (TPSA) is 66.7 Å². The van der Waals surface area contributed by atoms with Crippen LogP contribution in [0.5, 0.6) is 0 Å². The number of anilines is 2. The third kappa shape index (κ3) is 2.07. The summed E-state index contributed by atoms with van der Waals surface area (Å²) in [4.78, 5) is 0. The van der Waals surface area contributed by atoms with Crippen LogP contribution in [0.15, 0.2) is 30.5 Å². The molecule has 0 fully saturated rings. The lowest BCUT2D eigenvalue weighted by Gasteiger charge is -2.05. The normalized spacial score (nSPS) is 10.2. The third-order valence-corrected chi connectivity index (χ3v) is 2.10. The van der Waals surface area contributed by atoms with Gasteiger partial charge in [0.05, 0.1) is 11.9 Å². The van der Waals surface area contributed by atoms with Crippen LogP contribution in [0.3, 0.4) is 0 Å². The van der Waals surface area contributed by atoms with Gasteiger partial charge in [0, 0.05) is 12.1 Å². The Morgan fingerprint density at radius 3 is 2.87 bits per heavy atom. The highest BCUT2D eigenvalue weighted by atomic mass is 19.1. The number of benzene rings is 1. The zero-order chi connectivity index (χ0) is 10.7. The van der Waals surface area contributed by atoms with E-state index in [1.165, 1.54) is 6.07 Å². The van der Waals surface area contributed by atoms with Crippen molar-refractivity contribution in [3.63, 3.8) is 0 Å². The highest BCUT2D eigenvalue weighted by molar-refractivity contribution is 5.60. The molecule has 0 unspecified atom stereocenters. The van der Waals surface area contributed by atoms with Gasteiger partial charge in [-0.2, -0.15) is 5.10 Å². The van der Waals surface area contributed by atoms with Crippen LogP contribution in [0, 0.1) is 5.82 Å². The number of rotatable bonds is 3. The third-order valence-electron chi connectivity index (χ3n) is 2.10. The minimum Gasteiger partial charge on any atom is -0.382 e. The molecule has 1 aromatic heterocycles. The Morgan fingerprint density at radius 2 is 2.20 bits per heavy atom. The van der Waals surface area contributed by atoms with Crippen molar-refractivity contribution in [2.45, 2.75) is 6.54 Å². The number of aromatic amines is 1. The van der Waals surface area contributed by atoms with Crippen molar-refractivity contribution < 1.29 is 4.39 Å². The van der Waals surface area contributed by atoms with Crippen molar-refractivity contribution in [1.29, 1.82) is 0 Å². The molecule has 0 saturated heterocycles. The van der Waals surface area contributed by atoms with Crippen LogP contribution in [-0.4, -0.2) is 10.2 Å². The first-order valence-corrected chi connectivity index (χ1v) is 4.53. The molecule has 0 amide bonds. The first kappa shape index (κ1) is 9.51. The van der Waals surface area contributed by atoms with Gasteiger partial charge in [-0.05, 0) is 6.07 Å². The average molecular weight is 206 g/mol. The molecule has 0 aliphatic rings. The SMILES string of the molecule is Nc1[nH]ncc1NCc1ccccc1F. The van der Waals surface area contributed by atoms with E-state index < -0.39 is 0 Å². The second-order valence-corrected chi connectivity index (χ2v) is 3.14. The van der Waals surface area contributed by atoms with Crippen molar-refractivity contribution in [1.82, 2.24) is 10.2 Å². The standard InChI is InChI=1S/C10H11FN4/c11-8-4-2-1-3-7(8)5-13-9-6-14-15-10(9)12/h1-4,6,13H,5H2,(H3,12,14,15). The molecular weight excluding hydrogens is 195 g/mol. The molecule has 0 radical (unpaired) electrons. The van der Waals surface area contributed by atoms with Crippen LogP contribution >= 0.6 is 0 Å². The van der Waals surface area contributed by atoms with Crippen molar-refractivity contribution >= 4 is 11.5 Å². The highest BCUT2D eigenvalue weighted by Crippen LogP contribution is 2.15. The van der Waals surface area contributed by atoms with E-state index in [0.29, 0.717) is 23.6 Å². The molecule has 0 aliphatic carbocycles. The number of hydrogen-bond acceptors (Lipinski definition) is 3. The van der Waals surface area contributed by atoms with Crippen LogP contribution in [0.2, 0.25) is 0 Å². The summed E-state index contributed by atoms with van der Waals surface area (Å²) in [5.41, 5.74) is 6.84. The molecule has 0 saturated carbocycles. The lowest BCUT2D eigenvalue weighted by atomic mass is 10.2. The van der Waals surface area contributed by atoms with Crippen LogP contribution in [0.1, 0.15) is 5.56 Å². The lowest BCUT2D eigenvalue weighted by Crippen LogP contribution is -2.02. The van der Waals surface area contributed by atoms with Crippen molar-refractivity contribution in [2.75, 3.05) is 11.1 Å². The molecule has 15 heavy (non-hydrogen) atoms. The smallest absolute Gasteiger partial charge is 0.142 e. The summed E-state index contributed by atoms with van der Waals surface area (Å²) in [7, 11) is 0. The summed E-state index contributed by atoms with van der Waals surface area (Å²) in [6.07, 6.45) is 1.57. The Balaban J connectivity index is 2.06. The van der Waals surface area contributed by atoms with E-state index in [4.69, 9.17) is 5.73 Å². The maximum Gasteiger partial charge on any atom is 0.142 e. The van der Waals surface area contributed by atoms with E-state index in [-0.39, 0.29) is 5.82 Å². The fraction of sp³-hybridized carbons (Fsp3) is 0.100. The molecule has 4 N–H and O–H groups in total. The summed E-state index contributed by atoms with van der Waals surface area (Å²) in [5.74, 6) is 0.221. The monoisotopic (exact) mass is 206 g/mol. The van der Waals surface area contributed by atoms with Gasteiger partial charge in [0.1, 0.15) is 11.6 Å². The maximum absolute atomic E-state index is 13.2. The van der Waals surface area contributed by atoms with Crippen molar-refractivity contribution in [3.05, 3.63) is 41.8 Å². The summed E-state index contributed by atoms with van der Waals surface area (Å²) in [6, 6.07) is 6.60. The molecule has 0 aliphatic heterocycles. The maximum atomic E-state index is 13.2. The highest BCUT2D eigenvalue weighted by Gasteiger charge is 2.03. The molecular formula is C10H11FN4. The van der Waals surface area contributed by atoms with Crippen LogP contribution < -0.4 is 11.1 Å². The summed E-state index contributed by atoms with van der Waals surface area (Å²) < 4.78 is 13.2. The number of aromatic nitrogens is 2. The van der Waals surface area contributed by atoms with Crippen LogP contribution in [0.4, 0.5) is 15.9 Å². The van der Waals surface area contributed by atoms with E-state index in [1.807, 2.05) is 0 Å².